The summed E-state index contributed by atoms with van der Waals surface area (Å²) in [6.45, 7) is 6.54. The Hall–Kier alpha value is -2.14. The highest BCUT2D eigenvalue weighted by molar-refractivity contribution is 7.10. The third-order valence-corrected chi connectivity index (χ3v) is 6.89. The lowest BCUT2D eigenvalue weighted by molar-refractivity contribution is -0.118. The number of nitrogens with zero attached hydrogens (tertiary/aromatic N) is 2. The average Bonchev–Trinajstić information content (AvgIpc) is 3.07. The number of allylic oxidation sites excluding steroid dienone is 2. The molecule has 0 amide bonds. The Kier molecular flexibility index (Phi) is 4.18. The molecule has 2 aliphatic rings. The predicted molar refractivity (Wildman–Crippen MR) is 113 cm³/mol. The molecule has 1 aliphatic carbocycles. The van der Waals surface area contributed by atoms with E-state index < -0.39 is 5.41 Å². The van der Waals surface area contributed by atoms with Gasteiger partial charge in [0.25, 0.3) is 0 Å². The average molecular weight is 382 g/mol. The van der Waals surface area contributed by atoms with Crippen molar-refractivity contribution >= 4 is 28.6 Å². The molecule has 4 nitrogen and oxygen atoms in total. The zero-order valence-electron chi connectivity index (χ0n) is 16.7. The fraction of sp³-hybridized carbons (Fsp3) is 0.455. The topological polar surface area (TPSA) is 45.2 Å². The van der Waals surface area contributed by atoms with E-state index in [1.165, 1.54) is 5.56 Å². The van der Waals surface area contributed by atoms with E-state index in [2.05, 4.69) is 74.3 Å². The Bertz CT molecular complexity index is 941. The maximum atomic E-state index is 13.5. The van der Waals surface area contributed by atoms with Crippen LogP contribution in [0.2, 0.25) is 0 Å². The first-order valence-corrected chi connectivity index (χ1v) is 10.4. The van der Waals surface area contributed by atoms with Crippen LogP contribution in [0.15, 0.2) is 41.0 Å². The van der Waals surface area contributed by atoms with Gasteiger partial charge >= 0.3 is 0 Å². The van der Waals surface area contributed by atoms with Crippen LogP contribution in [0.5, 0.6) is 0 Å². The first kappa shape index (κ1) is 18.2. The molecule has 0 saturated heterocycles. The molecule has 1 atom stereocenters. The number of thiazole rings is 1. The van der Waals surface area contributed by atoms with E-state index in [9.17, 15) is 4.79 Å². The highest BCUT2D eigenvalue weighted by Gasteiger charge is 2.51. The van der Waals surface area contributed by atoms with E-state index in [0.29, 0.717) is 6.42 Å². The van der Waals surface area contributed by atoms with Gasteiger partial charge in [-0.1, -0.05) is 39.0 Å². The van der Waals surface area contributed by atoms with Gasteiger partial charge in [-0.2, -0.15) is 0 Å². The summed E-state index contributed by atoms with van der Waals surface area (Å²) in [5.74, 6) is 1.18. The van der Waals surface area contributed by atoms with E-state index in [1.807, 2.05) is 5.51 Å². The summed E-state index contributed by atoms with van der Waals surface area (Å²) in [4.78, 5) is 21.4. The van der Waals surface area contributed by atoms with Gasteiger partial charge in [0.15, 0.2) is 5.78 Å². The molecule has 1 N–H and O–H groups in total. The number of carbonyl (C=O) groups is 1. The highest BCUT2D eigenvalue weighted by Crippen LogP contribution is 2.56. The number of fused-ring (bicyclic) bond motifs is 1. The number of para-hydroxylation sites is 1. The minimum Gasteiger partial charge on any atom is -0.377 e. The number of hydrogen-bond donors (Lipinski definition) is 1. The molecule has 1 aromatic carbocycles. The van der Waals surface area contributed by atoms with Crippen LogP contribution in [0.3, 0.4) is 0 Å². The summed E-state index contributed by atoms with van der Waals surface area (Å²) in [7, 11) is 4.13. The van der Waals surface area contributed by atoms with Crippen LogP contribution in [0.1, 0.15) is 50.5 Å². The standard InChI is InChI=1S/C22H27N3OS/c1-6-22(14-9-7-8-10-16(14)25(4)5)18-15(11-21(2,3)12-17(18)26)24-20-19(22)27-13-23-20/h7-10,13,24H,6,11-12H2,1-5H3. The lowest BCUT2D eigenvalue weighted by Crippen LogP contribution is -2.43. The molecule has 2 aromatic rings. The molecular formula is C22H27N3OS. The number of benzene rings is 1. The summed E-state index contributed by atoms with van der Waals surface area (Å²) >= 11 is 1.65. The minimum atomic E-state index is -0.439. The summed E-state index contributed by atoms with van der Waals surface area (Å²) in [6, 6.07) is 8.48. The second-order valence-electron chi connectivity index (χ2n) is 8.62. The summed E-state index contributed by atoms with van der Waals surface area (Å²) in [6.07, 6.45) is 2.30. The molecule has 0 bridgehead atoms. The quantitative estimate of drug-likeness (QED) is 0.815. The first-order chi connectivity index (χ1) is 12.8. The van der Waals surface area contributed by atoms with E-state index in [4.69, 9.17) is 0 Å². The molecule has 1 aliphatic heterocycles. The zero-order valence-corrected chi connectivity index (χ0v) is 17.5. The molecule has 0 spiro atoms. The molecule has 142 valence electrons. The van der Waals surface area contributed by atoms with Gasteiger partial charge in [0.1, 0.15) is 5.82 Å². The lowest BCUT2D eigenvalue weighted by atomic mass is 9.61. The van der Waals surface area contributed by atoms with Gasteiger partial charge in [-0.3, -0.25) is 4.79 Å². The number of ketones is 1. The molecule has 4 rings (SSSR count). The fourth-order valence-corrected chi connectivity index (χ4v) is 5.86. The van der Waals surface area contributed by atoms with Gasteiger partial charge in [0, 0.05) is 37.5 Å². The van der Waals surface area contributed by atoms with Crippen LogP contribution in [0, 0.1) is 5.41 Å². The molecule has 1 unspecified atom stereocenters. The summed E-state index contributed by atoms with van der Waals surface area (Å²) in [5, 5.41) is 3.52. The van der Waals surface area contributed by atoms with E-state index in [-0.39, 0.29) is 11.2 Å². The molecule has 0 fully saturated rings. The number of nitrogens with one attached hydrogen (secondary N) is 1. The minimum absolute atomic E-state index is 0.0308. The highest BCUT2D eigenvalue weighted by atomic mass is 32.1. The van der Waals surface area contributed by atoms with Crippen molar-refractivity contribution in [3.05, 3.63) is 51.5 Å². The SMILES string of the molecule is CCC1(c2ccccc2N(C)C)C2=C(CC(C)(C)CC2=O)Nc2ncsc21. The van der Waals surface area contributed by atoms with Crippen LogP contribution < -0.4 is 10.2 Å². The van der Waals surface area contributed by atoms with Crippen LogP contribution in [0.25, 0.3) is 0 Å². The van der Waals surface area contributed by atoms with Crippen LogP contribution >= 0.6 is 11.3 Å². The third kappa shape index (κ3) is 2.63. The Balaban J connectivity index is 2.07. The zero-order chi connectivity index (χ0) is 19.4. The number of anilines is 2. The van der Waals surface area contributed by atoms with Gasteiger partial charge in [-0.05, 0) is 29.9 Å². The molecule has 5 heteroatoms. The number of aromatic nitrogens is 1. The number of carbonyl (C=O) groups excluding carboxylic acids is 1. The largest absolute Gasteiger partial charge is 0.377 e. The maximum Gasteiger partial charge on any atom is 0.162 e. The number of Topliss-reactive ketones (excluding diaryl/α,β-unsaturated/α-hetero) is 1. The van der Waals surface area contributed by atoms with Crippen molar-refractivity contribution in [3.8, 4) is 0 Å². The van der Waals surface area contributed by atoms with E-state index >= 15 is 0 Å². The number of rotatable bonds is 3. The van der Waals surface area contributed by atoms with Crippen LogP contribution in [-0.4, -0.2) is 24.9 Å². The van der Waals surface area contributed by atoms with Gasteiger partial charge in [0.05, 0.1) is 15.8 Å². The number of hydrogen-bond acceptors (Lipinski definition) is 5. The monoisotopic (exact) mass is 381 g/mol. The van der Waals surface area contributed by atoms with E-state index in [1.54, 1.807) is 11.3 Å². The van der Waals surface area contributed by atoms with Gasteiger partial charge in [-0.15, -0.1) is 11.3 Å². The van der Waals surface area contributed by atoms with Gasteiger partial charge in [-0.25, -0.2) is 4.98 Å². The summed E-state index contributed by atoms with van der Waals surface area (Å²) < 4.78 is 0. The third-order valence-electron chi connectivity index (χ3n) is 5.90. The first-order valence-electron chi connectivity index (χ1n) is 9.55. The Morgan fingerprint density at radius 2 is 1.96 bits per heavy atom. The summed E-state index contributed by atoms with van der Waals surface area (Å²) in [5.41, 5.74) is 5.80. The van der Waals surface area contributed by atoms with E-state index in [0.717, 1.165) is 40.5 Å². The van der Waals surface area contributed by atoms with Crippen molar-refractivity contribution < 1.29 is 4.79 Å². The molecule has 27 heavy (non-hydrogen) atoms. The van der Waals surface area contributed by atoms with Crippen molar-refractivity contribution in [2.24, 2.45) is 5.41 Å². The van der Waals surface area contributed by atoms with Crippen molar-refractivity contribution in [2.75, 3.05) is 24.3 Å². The van der Waals surface area contributed by atoms with Crippen molar-refractivity contribution in [2.45, 2.75) is 45.4 Å². The van der Waals surface area contributed by atoms with Gasteiger partial charge in [0.2, 0.25) is 0 Å². The van der Waals surface area contributed by atoms with Crippen molar-refractivity contribution in [1.29, 1.82) is 0 Å². The lowest BCUT2D eigenvalue weighted by Gasteiger charge is -2.45. The fourth-order valence-electron chi connectivity index (χ4n) is 4.83. The molecule has 1 aromatic heterocycles. The molecule has 0 radical (unpaired) electrons. The van der Waals surface area contributed by atoms with Crippen LogP contribution in [-0.2, 0) is 10.2 Å². The van der Waals surface area contributed by atoms with Crippen LogP contribution in [0.4, 0.5) is 11.5 Å². The smallest absolute Gasteiger partial charge is 0.162 e. The predicted octanol–water partition coefficient (Wildman–Crippen LogP) is 4.97. The normalized spacial score (nSPS) is 23.5. The molecule has 0 saturated carbocycles. The Labute approximate surface area is 165 Å². The van der Waals surface area contributed by atoms with Crippen molar-refractivity contribution in [1.82, 2.24) is 4.98 Å². The Morgan fingerprint density at radius 1 is 1.22 bits per heavy atom. The molecular weight excluding hydrogens is 354 g/mol. The maximum absolute atomic E-state index is 13.5. The molecule has 2 heterocycles. The van der Waals surface area contributed by atoms with Crippen molar-refractivity contribution in [3.63, 3.8) is 0 Å². The second-order valence-corrected chi connectivity index (χ2v) is 9.47. The van der Waals surface area contributed by atoms with Gasteiger partial charge < -0.3 is 10.2 Å². The Morgan fingerprint density at radius 3 is 2.67 bits per heavy atom. The second kappa shape index (κ2) is 6.20.